The number of nitrogens with zero attached hydrogens (tertiary/aromatic N) is 1. The van der Waals surface area contributed by atoms with Gasteiger partial charge in [-0.3, -0.25) is 0 Å². The predicted molar refractivity (Wildman–Crippen MR) is 101 cm³/mol. The second-order valence-electron chi connectivity index (χ2n) is 7.10. The number of carbonyl (C=O) groups excluding carboxylic acids is 2. The zero-order chi connectivity index (χ0) is 19.9. The molecule has 1 rings (SSSR count). The van der Waals surface area contributed by atoms with Crippen LogP contribution >= 0.6 is 0 Å². The van der Waals surface area contributed by atoms with Gasteiger partial charge in [0, 0.05) is 6.54 Å². The zero-order valence-electron chi connectivity index (χ0n) is 16.9. The van der Waals surface area contributed by atoms with Gasteiger partial charge in [0.15, 0.2) is 6.61 Å². The maximum atomic E-state index is 12.5. The minimum atomic E-state index is -0.466. The minimum Gasteiger partial charge on any atom is -0.481 e. The zero-order valence-corrected chi connectivity index (χ0v) is 16.9. The minimum absolute atomic E-state index is 0.126. The highest BCUT2D eigenvalue weighted by atomic mass is 16.6. The molecule has 146 valence electrons. The summed E-state index contributed by atoms with van der Waals surface area (Å²) < 4.78 is 16.2. The van der Waals surface area contributed by atoms with Crippen LogP contribution in [0.5, 0.6) is 5.75 Å². The van der Waals surface area contributed by atoms with E-state index >= 15 is 0 Å². The summed E-state index contributed by atoms with van der Waals surface area (Å²) in [6, 6.07) is 3.79. The van der Waals surface area contributed by atoms with Gasteiger partial charge in [-0.2, -0.15) is 0 Å². The van der Waals surface area contributed by atoms with Crippen molar-refractivity contribution in [3.8, 4) is 5.75 Å². The molecule has 0 saturated heterocycles. The Morgan fingerprint density at radius 1 is 1.12 bits per heavy atom. The van der Waals surface area contributed by atoms with Crippen LogP contribution in [-0.4, -0.2) is 56.8 Å². The molecule has 0 bridgehead atoms. The smallest absolute Gasteiger partial charge is 0.344 e. The Morgan fingerprint density at radius 3 is 2.31 bits per heavy atom. The number of ether oxygens (including phenoxy) is 3. The van der Waals surface area contributed by atoms with E-state index in [4.69, 9.17) is 14.2 Å². The molecule has 6 nitrogen and oxygen atoms in total. The van der Waals surface area contributed by atoms with Gasteiger partial charge in [-0.05, 0) is 51.9 Å². The number of benzene rings is 1. The Hall–Kier alpha value is -2.08. The average molecular weight is 365 g/mol. The average Bonchev–Trinajstić information content (AvgIpc) is 2.51. The van der Waals surface area contributed by atoms with E-state index in [1.165, 1.54) is 0 Å². The van der Waals surface area contributed by atoms with Crippen molar-refractivity contribution in [1.82, 2.24) is 4.90 Å². The van der Waals surface area contributed by atoms with E-state index in [0.717, 1.165) is 11.1 Å². The van der Waals surface area contributed by atoms with E-state index in [0.29, 0.717) is 24.5 Å². The number of hydrogen-bond acceptors (Lipinski definition) is 6. The first-order valence-electron chi connectivity index (χ1n) is 8.91. The molecule has 0 fully saturated rings. The van der Waals surface area contributed by atoms with Crippen LogP contribution in [0.3, 0.4) is 0 Å². The van der Waals surface area contributed by atoms with Crippen LogP contribution in [0.2, 0.25) is 0 Å². The molecule has 0 radical (unpaired) electrons. The summed E-state index contributed by atoms with van der Waals surface area (Å²) >= 11 is 0. The summed E-state index contributed by atoms with van der Waals surface area (Å²) in [5.41, 5.74) is 1.97. The molecular formula is C20H31NO5. The summed E-state index contributed by atoms with van der Waals surface area (Å²) in [5, 5.41) is 0. The van der Waals surface area contributed by atoms with E-state index in [1.807, 2.05) is 51.9 Å². The third-order valence-electron chi connectivity index (χ3n) is 3.70. The van der Waals surface area contributed by atoms with Crippen LogP contribution in [-0.2, 0) is 14.3 Å². The van der Waals surface area contributed by atoms with Crippen molar-refractivity contribution in [3.63, 3.8) is 0 Å². The Kier molecular flexibility index (Phi) is 8.58. The third kappa shape index (κ3) is 6.67. The highest BCUT2D eigenvalue weighted by Crippen LogP contribution is 2.33. The molecule has 0 atom stereocenters. The maximum absolute atomic E-state index is 12.5. The van der Waals surface area contributed by atoms with E-state index in [9.17, 15) is 9.59 Å². The Balaban J connectivity index is 3.01. The van der Waals surface area contributed by atoms with E-state index in [2.05, 4.69) is 0 Å². The molecule has 0 unspecified atom stereocenters. The highest BCUT2D eigenvalue weighted by molar-refractivity contribution is 5.95. The van der Waals surface area contributed by atoms with Gasteiger partial charge < -0.3 is 19.1 Å². The second kappa shape index (κ2) is 10.2. The van der Waals surface area contributed by atoms with Crippen LogP contribution < -0.4 is 4.74 Å². The quantitative estimate of drug-likeness (QED) is 0.626. The van der Waals surface area contributed by atoms with Gasteiger partial charge in [0.05, 0.1) is 6.10 Å². The Labute approximate surface area is 156 Å². The van der Waals surface area contributed by atoms with Crippen LogP contribution in [0.1, 0.15) is 55.1 Å². The molecule has 0 aliphatic carbocycles. The fraction of sp³-hybridized carbons (Fsp3) is 0.600. The molecule has 0 aliphatic heterocycles. The number of likely N-dealkylation sites (N-methyl/N-ethyl adjacent to an activating group) is 1. The summed E-state index contributed by atoms with van der Waals surface area (Å²) in [4.78, 5) is 26.4. The molecule has 0 aliphatic rings. The summed E-state index contributed by atoms with van der Waals surface area (Å²) in [7, 11) is 3.80. The van der Waals surface area contributed by atoms with Crippen molar-refractivity contribution in [2.45, 2.75) is 46.6 Å². The summed E-state index contributed by atoms with van der Waals surface area (Å²) in [6.07, 6.45) is -0.242. The highest BCUT2D eigenvalue weighted by Gasteiger charge is 2.23. The number of hydrogen-bond donors (Lipinski definition) is 0. The number of carbonyl (C=O) groups is 2. The van der Waals surface area contributed by atoms with Gasteiger partial charge >= 0.3 is 11.9 Å². The Morgan fingerprint density at radius 2 is 1.77 bits per heavy atom. The number of aryl methyl sites for hydroxylation is 1. The van der Waals surface area contributed by atoms with Crippen LogP contribution in [0.25, 0.3) is 0 Å². The summed E-state index contributed by atoms with van der Waals surface area (Å²) in [6.45, 7) is 10.1. The standard InChI is InChI=1S/C20H31NO5/c1-13(2)16-9-8-15(5)18(20(23)26-14(3)4)19(16)25-12-17(22)24-11-10-21(6)7/h8-9,13-14H,10-12H2,1-7H3. The normalized spacial score (nSPS) is 11.2. The van der Waals surface area contributed by atoms with Gasteiger partial charge in [-0.25, -0.2) is 9.59 Å². The molecule has 0 amide bonds. The van der Waals surface area contributed by atoms with Gasteiger partial charge in [0.1, 0.15) is 17.9 Å². The number of rotatable bonds is 9. The molecule has 1 aromatic rings. The predicted octanol–water partition coefficient (Wildman–Crippen LogP) is 3.17. The molecule has 0 saturated carbocycles. The lowest BCUT2D eigenvalue weighted by molar-refractivity contribution is -0.146. The first kappa shape index (κ1) is 22.0. The SMILES string of the molecule is Cc1ccc(C(C)C)c(OCC(=O)OCCN(C)C)c1C(=O)OC(C)C. The largest absolute Gasteiger partial charge is 0.481 e. The molecular weight excluding hydrogens is 334 g/mol. The van der Waals surface area contributed by atoms with Crippen LogP contribution in [0.4, 0.5) is 0 Å². The van der Waals surface area contributed by atoms with Crippen LogP contribution in [0, 0.1) is 6.92 Å². The van der Waals surface area contributed by atoms with E-state index in [-0.39, 0.29) is 18.6 Å². The van der Waals surface area contributed by atoms with Crippen molar-refractivity contribution in [1.29, 1.82) is 0 Å². The molecule has 0 N–H and O–H groups in total. The van der Waals surface area contributed by atoms with Crippen molar-refractivity contribution in [2.24, 2.45) is 0 Å². The van der Waals surface area contributed by atoms with E-state index in [1.54, 1.807) is 13.8 Å². The lowest BCUT2D eigenvalue weighted by Crippen LogP contribution is -2.23. The van der Waals surface area contributed by atoms with Gasteiger partial charge in [0.25, 0.3) is 0 Å². The van der Waals surface area contributed by atoms with Crippen molar-refractivity contribution in [3.05, 3.63) is 28.8 Å². The van der Waals surface area contributed by atoms with Gasteiger partial charge in [-0.1, -0.05) is 26.0 Å². The summed E-state index contributed by atoms with van der Waals surface area (Å²) in [5.74, 6) is -0.390. The maximum Gasteiger partial charge on any atom is 0.344 e. The molecule has 6 heteroatoms. The van der Waals surface area contributed by atoms with E-state index < -0.39 is 11.9 Å². The van der Waals surface area contributed by atoms with Gasteiger partial charge in [0.2, 0.25) is 0 Å². The molecule has 0 aromatic heterocycles. The Bertz CT molecular complexity index is 623. The molecule has 0 spiro atoms. The van der Waals surface area contributed by atoms with Crippen LogP contribution in [0.15, 0.2) is 12.1 Å². The third-order valence-corrected chi connectivity index (χ3v) is 3.70. The first-order valence-corrected chi connectivity index (χ1v) is 8.91. The second-order valence-corrected chi connectivity index (χ2v) is 7.10. The topological polar surface area (TPSA) is 65.1 Å². The van der Waals surface area contributed by atoms with Crippen molar-refractivity contribution in [2.75, 3.05) is 33.9 Å². The lowest BCUT2D eigenvalue weighted by atomic mass is 9.96. The van der Waals surface area contributed by atoms with Crippen molar-refractivity contribution < 1.29 is 23.8 Å². The molecule has 1 aromatic carbocycles. The fourth-order valence-corrected chi connectivity index (χ4v) is 2.35. The van der Waals surface area contributed by atoms with Crippen molar-refractivity contribution >= 4 is 11.9 Å². The first-order chi connectivity index (χ1) is 12.1. The molecule has 0 heterocycles. The van der Waals surface area contributed by atoms with Gasteiger partial charge in [-0.15, -0.1) is 0 Å². The fourth-order valence-electron chi connectivity index (χ4n) is 2.35. The molecule has 26 heavy (non-hydrogen) atoms. The lowest BCUT2D eigenvalue weighted by Gasteiger charge is -2.20. The monoisotopic (exact) mass is 365 g/mol. The number of esters is 2.